The first-order valence-corrected chi connectivity index (χ1v) is 4.07. The number of furan rings is 1. The zero-order valence-electron chi connectivity index (χ0n) is 6.97. The summed E-state index contributed by atoms with van der Waals surface area (Å²) in [6.45, 7) is -0.261. The quantitative estimate of drug-likeness (QED) is 0.731. The molecule has 68 valence electrons. The molecule has 1 unspecified atom stereocenters. The second kappa shape index (κ2) is 3.20. The van der Waals surface area contributed by atoms with E-state index in [1.54, 1.807) is 24.5 Å². The van der Waals surface area contributed by atoms with Crippen molar-refractivity contribution in [2.45, 2.75) is 6.10 Å². The predicted molar refractivity (Wildman–Crippen MR) is 48.3 cm³/mol. The minimum atomic E-state index is -0.806. The van der Waals surface area contributed by atoms with Crippen molar-refractivity contribution < 1.29 is 14.6 Å². The number of aliphatic hydroxyl groups is 2. The second-order valence-corrected chi connectivity index (χ2v) is 2.92. The molecular weight excluding hydrogens is 168 g/mol. The van der Waals surface area contributed by atoms with E-state index < -0.39 is 6.10 Å². The van der Waals surface area contributed by atoms with Crippen LogP contribution in [0, 0.1) is 0 Å². The van der Waals surface area contributed by atoms with E-state index in [-0.39, 0.29) is 6.61 Å². The van der Waals surface area contributed by atoms with Gasteiger partial charge in [0.2, 0.25) is 0 Å². The van der Waals surface area contributed by atoms with E-state index >= 15 is 0 Å². The van der Waals surface area contributed by atoms with Crippen molar-refractivity contribution in [2.24, 2.45) is 0 Å². The monoisotopic (exact) mass is 178 g/mol. The molecule has 2 N–H and O–H groups in total. The fourth-order valence-electron chi connectivity index (χ4n) is 1.30. The Bertz CT molecular complexity index is 405. The topological polar surface area (TPSA) is 53.6 Å². The van der Waals surface area contributed by atoms with Crippen LogP contribution in [-0.2, 0) is 0 Å². The Morgan fingerprint density at radius 1 is 1.31 bits per heavy atom. The van der Waals surface area contributed by atoms with Crippen LogP contribution in [0.15, 0.2) is 34.9 Å². The first-order chi connectivity index (χ1) is 6.31. The summed E-state index contributed by atoms with van der Waals surface area (Å²) in [5, 5.41) is 19.0. The lowest BCUT2D eigenvalue weighted by Gasteiger charge is -2.06. The van der Waals surface area contributed by atoms with E-state index in [0.717, 1.165) is 11.0 Å². The first kappa shape index (κ1) is 8.29. The van der Waals surface area contributed by atoms with Gasteiger partial charge in [0.15, 0.2) is 0 Å². The number of hydrogen-bond donors (Lipinski definition) is 2. The van der Waals surface area contributed by atoms with E-state index in [0.29, 0.717) is 5.56 Å². The molecule has 1 aromatic heterocycles. The zero-order chi connectivity index (χ0) is 9.26. The largest absolute Gasteiger partial charge is 0.464 e. The molecule has 0 saturated heterocycles. The van der Waals surface area contributed by atoms with Gasteiger partial charge in [-0.2, -0.15) is 0 Å². The van der Waals surface area contributed by atoms with Gasteiger partial charge in [0, 0.05) is 5.39 Å². The summed E-state index contributed by atoms with van der Waals surface area (Å²) in [6.07, 6.45) is 0.791. The van der Waals surface area contributed by atoms with E-state index in [9.17, 15) is 5.11 Å². The molecule has 13 heavy (non-hydrogen) atoms. The van der Waals surface area contributed by atoms with Gasteiger partial charge >= 0.3 is 0 Å². The van der Waals surface area contributed by atoms with Crippen molar-refractivity contribution in [3.63, 3.8) is 0 Å². The van der Waals surface area contributed by atoms with Crippen LogP contribution < -0.4 is 0 Å². The average molecular weight is 178 g/mol. The van der Waals surface area contributed by atoms with Gasteiger partial charge in [0.05, 0.1) is 12.9 Å². The maximum absolute atomic E-state index is 9.35. The summed E-state index contributed by atoms with van der Waals surface area (Å²) in [5.41, 5.74) is 1.49. The van der Waals surface area contributed by atoms with Crippen molar-refractivity contribution in [1.29, 1.82) is 0 Å². The lowest BCUT2D eigenvalue weighted by molar-refractivity contribution is 0.0957. The van der Waals surface area contributed by atoms with Crippen LogP contribution >= 0.6 is 0 Å². The lowest BCUT2D eigenvalue weighted by Crippen LogP contribution is -2.01. The minimum absolute atomic E-state index is 0.261. The smallest absolute Gasteiger partial charge is 0.133 e. The molecule has 1 heterocycles. The van der Waals surface area contributed by atoms with E-state index in [2.05, 4.69) is 0 Å². The fourth-order valence-corrected chi connectivity index (χ4v) is 1.30. The highest BCUT2D eigenvalue weighted by Crippen LogP contribution is 2.20. The van der Waals surface area contributed by atoms with Gasteiger partial charge in [0.25, 0.3) is 0 Å². The molecule has 0 saturated carbocycles. The van der Waals surface area contributed by atoms with Crippen LogP contribution in [0.2, 0.25) is 0 Å². The number of rotatable bonds is 2. The standard InChI is InChI=1S/C10H10O3/c11-6-9(12)7-1-2-10-8(5-7)3-4-13-10/h1-5,9,11-12H,6H2. The van der Waals surface area contributed by atoms with Crippen LogP contribution in [0.25, 0.3) is 11.0 Å². The molecule has 0 aliphatic carbocycles. The molecule has 0 spiro atoms. The number of fused-ring (bicyclic) bond motifs is 1. The maximum atomic E-state index is 9.35. The molecular formula is C10H10O3. The van der Waals surface area contributed by atoms with E-state index in [1.807, 2.05) is 6.07 Å². The molecule has 0 fully saturated rings. The van der Waals surface area contributed by atoms with E-state index in [1.165, 1.54) is 0 Å². The van der Waals surface area contributed by atoms with Crippen LogP contribution in [0.1, 0.15) is 11.7 Å². The third-order valence-electron chi connectivity index (χ3n) is 2.03. The van der Waals surface area contributed by atoms with Crippen molar-refractivity contribution in [1.82, 2.24) is 0 Å². The minimum Gasteiger partial charge on any atom is -0.464 e. The average Bonchev–Trinajstić information content (AvgIpc) is 2.63. The molecule has 0 aliphatic rings. The maximum Gasteiger partial charge on any atom is 0.133 e. The highest BCUT2D eigenvalue weighted by Gasteiger charge is 2.06. The molecule has 2 aromatic rings. The lowest BCUT2D eigenvalue weighted by atomic mass is 10.1. The molecule has 0 aliphatic heterocycles. The van der Waals surface area contributed by atoms with Gasteiger partial charge < -0.3 is 14.6 Å². The van der Waals surface area contributed by atoms with Gasteiger partial charge in [-0.05, 0) is 23.8 Å². The molecule has 1 atom stereocenters. The van der Waals surface area contributed by atoms with Crippen LogP contribution in [-0.4, -0.2) is 16.8 Å². The van der Waals surface area contributed by atoms with Gasteiger partial charge in [-0.1, -0.05) is 6.07 Å². The number of benzene rings is 1. The highest BCUT2D eigenvalue weighted by molar-refractivity contribution is 5.77. The first-order valence-electron chi connectivity index (χ1n) is 4.07. The van der Waals surface area contributed by atoms with Crippen LogP contribution in [0.5, 0.6) is 0 Å². The Balaban J connectivity index is 2.48. The molecule has 3 heteroatoms. The third kappa shape index (κ3) is 1.43. The normalized spacial score (nSPS) is 13.4. The van der Waals surface area contributed by atoms with Crippen molar-refractivity contribution in [3.8, 4) is 0 Å². The Morgan fingerprint density at radius 3 is 2.92 bits per heavy atom. The highest BCUT2D eigenvalue weighted by atomic mass is 16.3. The molecule has 0 amide bonds. The van der Waals surface area contributed by atoms with Crippen LogP contribution in [0.3, 0.4) is 0 Å². The summed E-state index contributed by atoms with van der Waals surface area (Å²) in [7, 11) is 0. The van der Waals surface area contributed by atoms with Crippen molar-refractivity contribution in [2.75, 3.05) is 6.61 Å². The van der Waals surface area contributed by atoms with Gasteiger partial charge in [-0.25, -0.2) is 0 Å². The molecule has 2 rings (SSSR count). The fraction of sp³-hybridized carbons (Fsp3) is 0.200. The van der Waals surface area contributed by atoms with Gasteiger partial charge in [0.1, 0.15) is 11.7 Å². The molecule has 0 bridgehead atoms. The van der Waals surface area contributed by atoms with Crippen molar-refractivity contribution >= 4 is 11.0 Å². The van der Waals surface area contributed by atoms with Crippen LogP contribution in [0.4, 0.5) is 0 Å². The zero-order valence-corrected chi connectivity index (χ0v) is 6.97. The predicted octanol–water partition coefficient (Wildman–Crippen LogP) is 1.46. The number of hydrogen-bond acceptors (Lipinski definition) is 3. The molecule has 3 nitrogen and oxygen atoms in total. The molecule has 0 radical (unpaired) electrons. The molecule has 1 aromatic carbocycles. The Labute approximate surface area is 75.2 Å². The Hall–Kier alpha value is -1.32. The second-order valence-electron chi connectivity index (χ2n) is 2.92. The number of aliphatic hydroxyl groups excluding tert-OH is 2. The Kier molecular flexibility index (Phi) is 2.04. The summed E-state index contributed by atoms with van der Waals surface area (Å²) in [5.74, 6) is 0. The van der Waals surface area contributed by atoms with Crippen molar-refractivity contribution in [3.05, 3.63) is 36.1 Å². The summed E-state index contributed by atoms with van der Waals surface area (Å²) >= 11 is 0. The van der Waals surface area contributed by atoms with Gasteiger partial charge in [-0.15, -0.1) is 0 Å². The SMILES string of the molecule is OCC(O)c1ccc2occc2c1. The third-order valence-corrected chi connectivity index (χ3v) is 2.03. The summed E-state index contributed by atoms with van der Waals surface area (Å²) < 4.78 is 5.14. The van der Waals surface area contributed by atoms with Gasteiger partial charge in [-0.3, -0.25) is 0 Å². The van der Waals surface area contributed by atoms with E-state index in [4.69, 9.17) is 9.52 Å². The Morgan fingerprint density at radius 2 is 2.15 bits per heavy atom. The summed E-state index contributed by atoms with van der Waals surface area (Å²) in [4.78, 5) is 0. The summed E-state index contributed by atoms with van der Waals surface area (Å²) in [6, 6.07) is 7.15.